The first-order chi connectivity index (χ1) is 68.2. The molecule has 0 radical (unpaired) electrons. The number of halogens is 7. The Morgan fingerprint density at radius 2 is 0.432 bits per heavy atom. The molecule has 0 aliphatic carbocycles. The molecule has 18 heteroatoms. The Morgan fingerprint density at radius 1 is 0.194 bits per heavy atom. The van der Waals surface area contributed by atoms with Crippen molar-refractivity contribution in [1.82, 2.24) is 44.9 Å². The lowest BCUT2D eigenvalue weighted by molar-refractivity contribution is 0.144. The highest BCUT2D eigenvalue weighted by molar-refractivity contribution is 6.25. The first-order valence-corrected chi connectivity index (χ1v) is 44.8. The van der Waals surface area contributed by atoms with E-state index < -0.39 is 41.4 Å². The van der Waals surface area contributed by atoms with Crippen molar-refractivity contribution in [3.05, 3.63) is 452 Å². The number of hydrogen-bond donors (Lipinski definition) is 0. The summed E-state index contributed by atoms with van der Waals surface area (Å²) < 4.78 is 98.2. The van der Waals surface area contributed by atoms with Crippen LogP contribution in [-0.2, 0) is 0 Å². The molecule has 0 N–H and O–H groups in total. The van der Waals surface area contributed by atoms with Gasteiger partial charge in [-0.3, -0.25) is 0 Å². The van der Waals surface area contributed by atoms with Gasteiger partial charge in [-0.2, -0.15) is 10.5 Å². The highest BCUT2D eigenvalue weighted by atomic mass is 19.3. The van der Waals surface area contributed by atoms with E-state index in [1.807, 2.05) is 315 Å². The molecule has 0 unspecified atom stereocenters. The van der Waals surface area contributed by atoms with Crippen molar-refractivity contribution >= 4 is 98.1 Å². The van der Waals surface area contributed by atoms with Gasteiger partial charge in [0.2, 0.25) is 0 Å². The van der Waals surface area contributed by atoms with Crippen molar-refractivity contribution in [3.63, 3.8) is 0 Å². The van der Waals surface area contributed by atoms with Crippen LogP contribution in [-0.4, -0.2) is 44.9 Å². The SMILES string of the molecule is FC(F)c1cc(-c2ccccc2-c2nc3ccccc3c3c2ccc2nc(-c4ccccc4)c(-c4ccccc4)nc23)cc(C(F)F)c1.Fc1cc(-c2ccccc2-c2nc3ccccc3c3c2ccc2nc(-c4ccccc4)c(-c4ccccc4)nc23)cc(F)c1F.N#Cc1cc(C#N)cc(-c2ccccc2-c2nc3ccccc3c3c2ccc2nc(-c4ccccc4)c(-c4ccccc4)nc23)c1. The molecule has 0 bridgehead atoms. The number of aromatic nitrogens is 9. The molecule has 11 nitrogen and oxygen atoms in total. The lowest BCUT2D eigenvalue weighted by Crippen LogP contribution is -1.98. The summed E-state index contributed by atoms with van der Waals surface area (Å²) in [4.78, 5) is 47.0. The van der Waals surface area contributed by atoms with Crippen LogP contribution in [0.4, 0.5) is 30.7 Å². The molecule has 658 valence electrons. The third kappa shape index (κ3) is 16.3. The Bertz CT molecular complexity index is 9010. The summed E-state index contributed by atoms with van der Waals surface area (Å²) in [6, 6.07) is 133. The van der Waals surface area contributed by atoms with Crippen LogP contribution in [0.15, 0.2) is 413 Å². The molecule has 0 aliphatic rings. The standard InChI is InChI=1S/C41H25F4N3.C41H23N5.C39H22F3N3/c42-40(43)27-21-26(22-28(23-27)41(44)45)29-15-7-8-16-30(29)38-32-19-20-34-39(35(32)31-17-9-10-18-33(31)46-38)48-37(25-13-5-2-6-14-25)36(47-34)24-11-3-1-4-12-24;42-24-26-21-27(25-43)23-30(22-26)31-15-7-8-16-32(31)40-34-19-20-36-41(37(34)33-17-9-10-18-35(33)44-40)46-39(29-13-5-2-6-14-29)38(45-36)28-11-3-1-4-12-28;40-30-21-25(22-31(41)35(30)42)26-15-7-8-16-27(26)38-29-19-20-33-39(34(29)28-17-9-10-18-32(28)43-38)45-37(24-13-5-2-6-14-24)36(44-33)23-11-3-1-4-12-23/h1-23,40-41H;1-23H;1-22H. The van der Waals surface area contributed by atoms with Crippen LogP contribution < -0.4 is 0 Å². The van der Waals surface area contributed by atoms with Crippen molar-refractivity contribution in [2.75, 3.05) is 0 Å². The van der Waals surface area contributed by atoms with E-state index in [-0.39, 0.29) is 11.1 Å². The van der Waals surface area contributed by atoms with Crippen LogP contribution in [0.1, 0.15) is 35.1 Å². The van der Waals surface area contributed by atoms with E-state index in [1.54, 1.807) is 30.3 Å². The predicted molar refractivity (Wildman–Crippen MR) is 541 cm³/mol. The molecule has 0 atom stereocenters. The number of pyridine rings is 3. The second kappa shape index (κ2) is 36.8. The number of hydrogen-bond acceptors (Lipinski definition) is 11. The third-order valence-electron chi connectivity index (χ3n) is 24.9. The lowest BCUT2D eigenvalue weighted by atomic mass is 9.91. The van der Waals surface area contributed by atoms with E-state index >= 15 is 0 Å². The van der Waals surface area contributed by atoms with Crippen molar-refractivity contribution in [1.29, 1.82) is 10.5 Å². The van der Waals surface area contributed by atoms with Crippen LogP contribution in [0.5, 0.6) is 0 Å². The van der Waals surface area contributed by atoms with E-state index in [9.17, 15) is 41.3 Å². The maximum Gasteiger partial charge on any atom is 0.263 e. The highest BCUT2D eigenvalue weighted by Crippen LogP contribution is 2.48. The van der Waals surface area contributed by atoms with Gasteiger partial charge < -0.3 is 0 Å². The van der Waals surface area contributed by atoms with Gasteiger partial charge in [-0.1, -0.05) is 309 Å². The fraction of sp³-hybridized carbons (Fsp3) is 0.0165. The highest BCUT2D eigenvalue weighted by Gasteiger charge is 2.28. The normalized spacial score (nSPS) is 11.4. The Balaban J connectivity index is 0.000000120. The zero-order valence-electron chi connectivity index (χ0n) is 73.5. The smallest absolute Gasteiger partial charge is 0.247 e. The van der Waals surface area contributed by atoms with Crippen LogP contribution in [0.3, 0.4) is 0 Å². The first-order valence-electron chi connectivity index (χ1n) is 44.8. The Kier molecular flexibility index (Phi) is 22.7. The molecule has 0 spiro atoms. The molecule has 0 saturated carbocycles. The van der Waals surface area contributed by atoms with Crippen molar-refractivity contribution in [3.8, 4) is 147 Å². The van der Waals surface area contributed by atoms with Gasteiger partial charge in [0.15, 0.2) is 17.5 Å². The largest absolute Gasteiger partial charge is 0.263 e. The minimum absolute atomic E-state index is 0.213. The summed E-state index contributed by atoms with van der Waals surface area (Å²) in [6.45, 7) is 0. The summed E-state index contributed by atoms with van der Waals surface area (Å²) in [6.07, 6.45) is -5.81. The summed E-state index contributed by atoms with van der Waals surface area (Å²) >= 11 is 0. The number of alkyl halides is 4. The van der Waals surface area contributed by atoms with Crippen LogP contribution in [0.25, 0.3) is 233 Å². The number of nitrogens with zero attached hydrogens (tertiary/aromatic N) is 11. The van der Waals surface area contributed by atoms with Gasteiger partial charge in [0.1, 0.15) is 0 Å². The van der Waals surface area contributed by atoms with Gasteiger partial charge in [-0.05, 0) is 137 Å². The van der Waals surface area contributed by atoms with Gasteiger partial charge in [-0.15, -0.1) is 0 Å². The second-order valence-corrected chi connectivity index (χ2v) is 33.4. The lowest BCUT2D eigenvalue weighted by Gasteiger charge is -2.17. The minimum atomic E-state index is -2.90. The van der Waals surface area contributed by atoms with Crippen LogP contribution in [0, 0.1) is 40.1 Å². The molecular formula is C121H70F7N11. The average Bonchev–Trinajstić information content (AvgIpc) is 0.732. The van der Waals surface area contributed by atoms with E-state index in [1.165, 1.54) is 12.1 Å². The van der Waals surface area contributed by atoms with Gasteiger partial charge >= 0.3 is 0 Å². The molecule has 6 aromatic heterocycles. The quantitative estimate of drug-likeness (QED) is 0.0578. The Morgan fingerprint density at radius 3 is 0.712 bits per heavy atom. The van der Waals surface area contributed by atoms with Crippen molar-refractivity contribution in [2.45, 2.75) is 12.9 Å². The van der Waals surface area contributed by atoms with E-state index in [4.69, 9.17) is 44.9 Å². The molecule has 6 heterocycles. The monoisotopic (exact) mass is 1810 g/mol. The number of para-hydroxylation sites is 3. The topological polar surface area (TPSA) is 164 Å². The van der Waals surface area contributed by atoms with Gasteiger partial charge in [0, 0.05) is 110 Å². The molecule has 0 aliphatic heterocycles. The van der Waals surface area contributed by atoms with Gasteiger partial charge in [-0.25, -0.2) is 75.6 Å². The molecule has 0 amide bonds. The molecule has 0 saturated heterocycles. The molecule has 24 rings (SSSR count). The fourth-order valence-electron chi connectivity index (χ4n) is 18.6. The fourth-order valence-corrected chi connectivity index (χ4v) is 18.6. The minimum Gasteiger partial charge on any atom is -0.247 e. The average molecular weight is 1810 g/mol. The summed E-state index contributed by atoms with van der Waals surface area (Å²) in [5, 5.41) is 27.3. The van der Waals surface area contributed by atoms with E-state index in [0.717, 1.165) is 184 Å². The number of fused-ring (bicyclic) bond motifs is 15. The molecular weight excluding hydrogens is 1740 g/mol. The van der Waals surface area contributed by atoms with Crippen LogP contribution >= 0.6 is 0 Å². The number of nitriles is 2. The summed E-state index contributed by atoms with van der Waals surface area (Å²) in [5.41, 5.74) is 24.4. The van der Waals surface area contributed by atoms with E-state index in [0.29, 0.717) is 66.8 Å². The molecule has 24 aromatic rings. The Hall–Kier alpha value is -18.5. The van der Waals surface area contributed by atoms with E-state index in [2.05, 4.69) is 48.5 Å². The third-order valence-corrected chi connectivity index (χ3v) is 24.9. The Labute approximate surface area is 791 Å². The molecule has 0 fully saturated rings. The zero-order valence-corrected chi connectivity index (χ0v) is 73.5. The predicted octanol–water partition coefficient (Wildman–Crippen LogP) is 32.0. The van der Waals surface area contributed by atoms with Gasteiger partial charge in [0.05, 0.1) is 124 Å². The van der Waals surface area contributed by atoms with Crippen molar-refractivity contribution in [2.24, 2.45) is 0 Å². The van der Waals surface area contributed by atoms with Crippen LogP contribution in [0.2, 0.25) is 0 Å². The van der Waals surface area contributed by atoms with Gasteiger partial charge in [0.25, 0.3) is 12.9 Å². The molecule has 18 aromatic carbocycles. The summed E-state index contributed by atoms with van der Waals surface area (Å²) in [7, 11) is 0. The maximum absolute atomic E-state index is 14.4. The second-order valence-electron chi connectivity index (χ2n) is 33.4. The maximum atomic E-state index is 14.4. The molecule has 139 heavy (non-hydrogen) atoms. The zero-order chi connectivity index (χ0) is 94.3. The number of benzene rings is 18. The van der Waals surface area contributed by atoms with Crippen molar-refractivity contribution < 1.29 is 30.7 Å². The first kappa shape index (κ1) is 85.9. The summed E-state index contributed by atoms with van der Waals surface area (Å²) in [5.74, 6) is -4.00. The number of rotatable bonds is 14.